The van der Waals surface area contributed by atoms with E-state index in [-0.39, 0.29) is 24.0 Å². The molecule has 0 saturated heterocycles. The lowest BCUT2D eigenvalue weighted by Gasteiger charge is -2.12. The molecule has 0 unspecified atom stereocenters. The average Bonchev–Trinajstić information content (AvgIpc) is 2.26. The van der Waals surface area contributed by atoms with Crippen LogP contribution in [0.25, 0.3) is 0 Å². The van der Waals surface area contributed by atoms with E-state index in [0.29, 0.717) is 0 Å². The predicted octanol–water partition coefficient (Wildman–Crippen LogP) is 2.61. The lowest BCUT2D eigenvalue weighted by atomic mass is 10.1. The third kappa shape index (κ3) is 5.39. The van der Waals surface area contributed by atoms with E-state index >= 15 is 0 Å². The number of hydrogen-bond acceptors (Lipinski definition) is 1. The van der Waals surface area contributed by atoms with E-state index in [4.69, 9.17) is 0 Å². The number of nitrogens with one attached hydrogen (secondary N) is 2. The number of nitrogens with zero attached hydrogens (tertiary/aromatic N) is 1. The summed E-state index contributed by atoms with van der Waals surface area (Å²) in [6.07, 6.45) is 0. The zero-order chi connectivity index (χ0) is 12.0. The largest absolute Gasteiger partial charge is 0.357 e. The van der Waals surface area contributed by atoms with Gasteiger partial charge in [0.2, 0.25) is 0 Å². The Bertz CT molecular complexity index is 375. The van der Waals surface area contributed by atoms with Crippen LogP contribution < -0.4 is 10.6 Å². The van der Waals surface area contributed by atoms with E-state index < -0.39 is 0 Å². The van der Waals surface area contributed by atoms with E-state index in [1.165, 1.54) is 16.7 Å². The van der Waals surface area contributed by atoms with Crippen molar-refractivity contribution >= 4 is 29.9 Å². The second-order valence-electron chi connectivity index (χ2n) is 3.89. The van der Waals surface area contributed by atoms with Gasteiger partial charge in [0, 0.05) is 20.1 Å². The van der Waals surface area contributed by atoms with Gasteiger partial charge in [-0.05, 0) is 31.9 Å². The number of aryl methyl sites for hydroxylation is 2. The molecule has 0 amide bonds. The summed E-state index contributed by atoms with van der Waals surface area (Å²) in [5.74, 6) is 0.850. The Balaban J connectivity index is 0.00000256. The summed E-state index contributed by atoms with van der Waals surface area (Å²) in [6, 6.07) is 6.50. The minimum atomic E-state index is 0. The molecule has 2 N–H and O–H groups in total. The van der Waals surface area contributed by atoms with Crippen molar-refractivity contribution in [3.63, 3.8) is 0 Å². The Kier molecular flexibility index (Phi) is 7.95. The molecule has 0 aliphatic carbocycles. The molecule has 4 heteroatoms. The Morgan fingerprint density at radius 2 is 1.94 bits per heavy atom. The van der Waals surface area contributed by atoms with Crippen LogP contribution in [-0.2, 0) is 6.54 Å². The van der Waals surface area contributed by atoms with Crippen molar-refractivity contribution in [2.75, 3.05) is 13.6 Å². The molecule has 0 saturated carbocycles. The number of aliphatic imine (C=N–C) groups is 1. The Morgan fingerprint density at radius 3 is 2.47 bits per heavy atom. The summed E-state index contributed by atoms with van der Waals surface area (Å²) in [5, 5.41) is 6.46. The SMILES string of the molecule is CCNC(=NC)NCc1ccc(C)cc1C.I. The van der Waals surface area contributed by atoms with Gasteiger partial charge in [0.1, 0.15) is 0 Å². The van der Waals surface area contributed by atoms with Crippen molar-refractivity contribution < 1.29 is 0 Å². The summed E-state index contributed by atoms with van der Waals surface area (Å²) >= 11 is 0. The van der Waals surface area contributed by atoms with Crippen molar-refractivity contribution in [2.45, 2.75) is 27.3 Å². The highest BCUT2D eigenvalue weighted by atomic mass is 127. The molecule has 3 nitrogen and oxygen atoms in total. The van der Waals surface area contributed by atoms with Gasteiger partial charge in [-0.25, -0.2) is 0 Å². The monoisotopic (exact) mass is 347 g/mol. The van der Waals surface area contributed by atoms with Crippen LogP contribution in [0.3, 0.4) is 0 Å². The molecule has 0 bridgehead atoms. The summed E-state index contributed by atoms with van der Waals surface area (Å²) in [7, 11) is 1.78. The molecule has 1 rings (SSSR count). The van der Waals surface area contributed by atoms with Crippen molar-refractivity contribution in [3.05, 3.63) is 34.9 Å². The lowest BCUT2D eigenvalue weighted by molar-refractivity contribution is 0.825. The molecule has 1 aromatic rings. The van der Waals surface area contributed by atoms with Gasteiger partial charge in [-0.15, -0.1) is 24.0 Å². The van der Waals surface area contributed by atoms with Crippen LogP contribution in [0.4, 0.5) is 0 Å². The second-order valence-corrected chi connectivity index (χ2v) is 3.89. The maximum atomic E-state index is 4.13. The van der Waals surface area contributed by atoms with Crippen LogP contribution in [0.15, 0.2) is 23.2 Å². The maximum absolute atomic E-state index is 4.13. The smallest absolute Gasteiger partial charge is 0.191 e. The molecule has 0 atom stereocenters. The summed E-state index contributed by atoms with van der Waals surface area (Å²) in [4.78, 5) is 4.13. The van der Waals surface area contributed by atoms with Gasteiger partial charge in [-0.2, -0.15) is 0 Å². The first-order valence-corrected chi connectivity index (χ1v) is 5.68. The van der Waals surface area contributed by atoms with Gasteiger partial charge in [-0.3, -0.25) is 4.99 Å². The zero-order valence-electron chi connectivity index (χ0n) is 11.0. The predicted molar refractivity (Wildman–Crippen MR) is 85.2 cm³/mol. The fourth-order valence-electron chi connectivity index (χ4n) is 1.61. The second kappa shape index (κ2) is 8.33. The Hall–Kier alpha value is -0.780. The quantitative estimate of drug-likeness (QED) is 0.501. The highest BCUT2D eigenvalue weighted by Gasteiger charge is 2.00. The molecule has 1 aromatic carbocycles. The van der Waals surface area contributed by atoms with Crippen molar-refractivity contribution in [1.29, 1.82) is 0 Å². The number of benzene rings is 1. The molecule has 0 heterocycles. The molecule has 0 spiro atoms. The first-order chi connectivity index (χ1) is 7.67. The van der Waals surface area contributed by atoms with Gasteiger partial charge < -0.3 is 10.6 Å². The summed E-state index contributed by atoms with van der Waals surface area (Å²) in [6.45, 7) is 8.00. The van der Waals surface area contributed by atoms with E-state index in [2.05, 4.69) is 54.6 Å². The van der Waals surface area contributed by atoms with Gasteiger partial charge >= 0.3 is 0 Å². The van der Waals surface area contributed by atoms with Gasteiger partial charge in [-0.1, -0.05) is 23.8 Å². The number of rotatable bonds is 3. The Morgan fingerprint density at radius 1 is 1.24 bits per heavy atom. The summed E-state index contributed by atoms with van der Waals surface area (Å²) in [5.41, 5.74) is 3.93. The fourth-order valence-corrected chi connectivity index (χ4v) is 1.61. The first-order valence-electron chi connectivity index (χ1n) is 5.68. The van der Waals surface area contributed by atoms with Crippen LogP contribution in [0.1, 0.15) is 23.6 Å². The lowest BCUT2D eigenvalue weighted by Crippen LogP contribution is -2.36. The highest BCUT2D eigenvalue weighted by molar-refractivity contribution is 14.0. The standard InChI is InChI=1S/C13H21N3.HI/c1-5-15-13(14-4)16-9-12-7-6-10(2)8-11(12)3;/h6-8H,5,9H2,1-4H3,(H2,14,15,16);1H. The van der Waals surface area contributed by atoms with Crippen molar-refractivity contribution in [3.8, 4) is 0 Å². The topological polar surface area (TPSA) is 36.4 Å². The molecule has 17 heavy (non-hydrogen) atoms. The molecule has 0 fully saturated rings. The van der Waals surface area contributed by atoms with E-state index in [1.807, 2.05) is 0 Å². The molecule has 96 valence electrons. The van der Waals surface area contributed by atoms with E-state index in [9.17, 15) is 0 Å². The van der Waals surface area contributed by atoms with Crippen LogP contribution in [-0.4, -0.2) is 19.6 Å². The molecule has 0 aliphatic heterocycles. The zero-order valence-corrected chi connectivity index (χ0v) is 13.3. The number of hydrogen-bond donors (Lipinski definition) is 2. The minimum Gasteiger partial charge on any atom is -0.357 e. The molecular formula is C13H22IN3. The van der Waals surface area contributed by atoms with Crippen LogP contribution >= 0.6 is 24.0 Å². The molecule has 0 radical (unpaired) electrons. The van der Waals surface area contributed by atoms with Gasteiger partial charge in [0.15, 0.2) is 5.96 Å². The molecule has 0 aliphatic rings. The van der Waals surface area contributed by atoms with E-state index in [0.717, 1.165) is 19.0 Å². The highest BCUT2D eigenvalue weighted by Crippen LogP contribution is 2.09. The number of halogens is 1. The first kappa shape index (κ1) is 16.2. The molecular weight excluding hydrogens is 325 g/mol. The third-order valence-electron chi connectivity index (χ3n) is 2.51. The average molecular weight is 347 g/mol. The minimum absolute atomic E-state index is 0. The summed E-state index contributed by atoms with van der Waals surface area (Å²) < 4.78 is 0. The Labute approximate surface area is 121 Å². The van der Waals surface area contributed by atoms with Crippen LogP contribution in [0, 0.1) is 13.8 Å². The van der Waals surface area contributed by atoms with Gasteiger partial charge in [0.05, 0.1) is 0 Å². The van der Waals surface area contributed by atoms with Crippen LogP contribution in [0.2, 0.25) is 0 Å². The fraction of sp³-hybridized carbons (Fsp3) is 0.462. The van der Waals surface area contributed by atoms with Gasteiger partial charge in [0.25, 0.3) is 0 Å². The van der Waals surface area contributed by atoms with Crippen molar-refractivity contribution in [1.82, 2.24) is 10.6 Å². The van der Waals surface area contributed by atoms with Crippen LogP contribution in [0.5, 0.6) is 0 Å². The van der Waals surface area contributed by atoms with Crippen molar-refractivity contribution in [2.24, 2.45) is 4.99 Å². The normalized spacial score (nSPS) is 10.7. The number of guanidine groups is 1. The van der Waals surface area contributed by atoms with E-state index in [1.54, 1.807) is 7.05 Å². The maximum Gasteiger partial charge on any atom is 0.191 e. The molecule has 0 aromatic heterocycles. The third-order valence-corrected chi connectivity index (χ3v) is 2.51.